The van der Waals surface area contributed by atoms with Crippen molar-refractivity contribution in [2.75, 3.05) is 13.9 Å². The average Bonchev–Trinajstić information content (AvgIpc) is 2.30. The molecule has 0 aliphatic carbocycles. The van der Waals surface area contributed by atoms with Crippen LogP contribution in [-0.4, -0.2) is 24.1 Å². The van der Waals surface area contributed by atoms with Gasteiger partial charge >= 0.3 is 0 Å². The van der Waals surface area contributed by atoms with Crippen LogP contribution < -0.4 is 4.74 Å². The minimum atomic E-state index is -0.198. The predicted octanol–water partition coefficient (Wildman–Crippen LogP) is 1.60. The van der Waals surface area contributed by atoms with E-state index < -0.39 is 0 Å². The molecule has 2 N–H and O–H groups in total. The first-order valence-electron chi connectivity index (χ1n) is 4.91. The van der Waals surface area contributed by atoms with Gasteiger partial charge < -0.3 is 19.7 Å². The van der Waals surface area contributed by atoms with E-state index in [9.17, 15) is 10.2 Å². The normalized spacial score (nSPS) is 10.1. The smallest absolute Gasteiger partial charge is 0.188 e. The van der Waals surface area contributed by atoms with Crippen LogP contribution in [0.1, 0.15) is 11.1 Å². The van der Waals surface area contributed by atoms with E-state index >= 15 is 0 Å². The molecule has 0 fully saturated rings. The first-order valence-corrected chi connectivity index (χ1v) is 4.91. The lowest BCUT2D eigenvalue weighted by Crippen LogP contribution is -2.04. The molecule has 0 saturated heterocycles. The van der Waals surface area contributed by atoms with Gasteiger partial charge in [0.15, 0.2) is 6.79 Å². The monoisotopic (exact) mass is 224 g/mol. The number of aliphatic hydroxyl groups is 1. The molecule has 0 bridgehead atoms. The molecular weight excluding hydrogens is 208 g/mol. The minimum Gasteiger partial charge on any atom is -0.508 e. The van der Waals surface area contributed by atoms with E-state index in [4.69, 9.17) is 9.47 Å². The fourth-order valence-corrected chi connectivity index (χ4v) is 1.46. The number of phenolic OH excluding ortho intramolecular Hbond substituents is 1. The maximum absolute atomic E-state index is 9.66. The van der Waals surface area contributed by atoms with Crippen LogP contribution in [0.5, 0.6) is 11.5 Å². The van der Waals surface area contributed by atoms with Crippen molar-refractivity contribution < 1.29 is 19.7 Å². The van der Waals surface area contributed by atoms with Crippen LogP contribution in [0.4, 0.5) is 0 Å². The third kappa shape index (κ3) is 2.74. The van der Waals surface area contributed by atoms with Crippen molar-refractivity contribution in [1.82, 2.24) is 0 Å². The van der Waals surface area contributed by atoms with E-state index in [1.54, 1.807) is 12.1 Å². The molecule has 88 valence electrons. The number of phenols is 1. The molecule has 4 nitrogen and oxygen atoms in total. The van der Waals surface area contributed by atoms with Crippen molar-refractivity contribution in [3.8, 4) is 11.5 Å². The Balaban J connectivity index is 3.08. The van der Waals surface area contributed by atoms with Crippen LogP contribution in [0.3, 0.4) is 0 Å². The molecule has 0 atom stereocenters. The summed E-state index contributed by atoms with van der Waals surface area (Å²) in [5, 5.41) is 18.9. The van der Waals surface area contributed by atoms with Crippen molar-refractivity contribution in [1.29, 1.82) is 0 Å². The molecule has 0 aromatic heterocycles. The molecule has 0 aliphatic heterocycles. The highest BCUT2D eigenvalue weighted by atomic mass is 16.7. The number of hydrogen-bond acceptors (Lipinski definition) is 4. The summed E-state index contributed by atoms with van der Waals surface area (Å²) in [5.41, 5.74) is 1.20. The summed E-state index contributed by atoms with van der Waals surface area (Å²) in [7, 11) is 1.52. The van der Waals surface area contributed by atoms with Gasteiger partial charge in [-0.3, -0.25) is 0 Å². The van der Waals surface area contributed by atoms with E-state index in [-0.39, 0.29) is 19.1 Å². The van der Waals surface area contributed by atoms with Crippen molar-refractivity contribution in [2.24, 2.45) is 0 Å². The summed E-state index contributed by atoms with van der Waals surface area (Å²) in [6.07, 6.45) is 2.14. The molecule has 1 aromatic rings. The van der Waals surface area contributed by atoms with Gasteiger partial charge in [0.05, 0.1) is 6.61 Å². The zero-order valence-corrected chi connectivity index (χ0v) is 9.27. The zero-order chi connectivity index (χ0) is 12.0. The summed E-state index contributed by atoms with van der Waals surface area (Å²) in [5.74, 6) is 0.646. The molecule has 0 saturated carbocycles. The van der Waals surface area contributed by atoms with Gasteiger partial charge in [-0.1, -0.05) is 6.08 Å². The Labute approximate surface area is 94.7 Å². The molecular formula is C12H16O4. The Hall–Kier alpha value is -1.52. The quantitative estimate of drug-likeness (QED) is 0.569. The number of rotatable bonds is 6. The van der Waals surface area contributed by atoms with Crippen molar-refractivity contribution in [3.05, 3.63) is 35.9 Å². The lowest BCUT2D eigenvalue weighted by atomic mass is 10.0. The maximum atomic E-state index is 9.66. The minimum absolute atomic E-state index is 0.102. The molecule has 0 unspecified atom stereocenters. The summed E-state index contributed by atoms with van der Waals surface area (Å²) in [4.78, 5) is 0. The second-order valence-corrected chi connectivity index (χ2v) is 3.24. The number of ether oxygens (including phenoxy) is 2. The molecule has 4 heteroatoms. The van der Waals surface area contributed by atoms with E-state index in [0.29, 0.717) is 23.3 Å². The molecule has 0 amide bonds. The van der Waals surface area contributed by atoms with Gasteiger partial charge in [-0.25, -0.2) is 0 Å². The van der Waals surface area contributed by atoms with Gasteiger partial charge in [-0.15, -0.1) is 6.58 Å². The second kappa shape index (κ2) is 6.15. The lowest BCUT2D eigenvalue weighted by molar-refractivity contribution is 0.0494. The number of allylic oxidation sites excluding steroid dienone is 1. The third-order valence-electron chi connectivity index (χ3n) is 2.20. The number of hydrogen-bond donors (Lipinski definition) is 2. The Morgan fingerprint density at radius 1 is 1.38 bits per heavy atom. The summed E-state index contributed by atoms with van der Waals surface area (Å²) in [6.45, 7) is 3.51. The number of aromatic hydroxyl groups is 1. The first kappa shape index (κ1) is 12.5. The highest BCUT2D eigenvalue weighted by Crippen LogP contribution is 2.30. The van der Waals surface area contributed by atoms with Gasteiger partial charge in [-0.2, -0.15) is 0 Å². The van der Waals surface area contributed by atoms with E-state index in [1.807, 2.05) is 0 Å². The summed E-state index contributed by atoms with van der Waals surface area (Å²) < 4.78 is 10.1. The lowest BCUT2D eigenvalue weighted by Gasteiger charge is -2.14. The Kier molecular flexibility index (Phi) is 4.82. The summed E-state index contributed by atoms with van der Waals surface area (Å²) in [6, 6.07) is 3.13. The van der Waals surface area contributed by atoms with Crippen LogP contribution in [0.25, 0.3) is 0 Å². The standard InChI is InChI=1S/C12H16O4/c1-3-4-9-10(7-13)12(16-8-15-2)6-5-11(9)14/h3,5-6,13-14H,1,4,7-8H2,2H3. The Bertz CT molecular complexity index is 360. The van der Waals surface area contributed by atoms with Gasteiger partial charge in [0.25, 0.3) is 0 Å². The van der Waals surface area contributed by atoms with Gasteiger partial charge in [-0.05, 0) is 18.6 Å². The van der Waals surface area contributed by atoms with Gasteiger partial charge in [0.1, 0.15) is 11.5 Å². The third-order valence-corrected chi connectivity index (χ3v) is 2.20. The topological polar surface area (TPSA) is 58.9 Å². The van der Waals surface area contributed by atoms with Crippen molar-refractivity contribution in [2.45, 2.75) is 13.0 Å². The second-order valence-electron chi connectivity index (χ2n) is 3.24. The van der Waals surface area contributed by atoms with Crippen LogP contribution in [-0.2, 0) is 17.8 Å². The molecule has 0 spiro atoms. The van der Waals surface area contributed by atoms with Crippen LogP contribution >= 0.6 is 0 Å². The highest BCUT2D eigenvalue weighted by molar-refractivity contribution is 5.48. The van der Waals surface area contributed by atoms with Crippen LogP contribution in [0.2, 0.25) is 0 Å². The highest BCUT2D eigenvalue weighted by Gasteiger charge is 2.12. The maximum Gasteiger partial charge on any atom is 0.188 e. The first-order chi connectivity index (χ1) is 7.74. The molecule has 16 heavy (non-hydrogen) atoms. The van der Waals surface area contributed by atoms with Gasteiger partial charge in [0.2, 0.25) is 0 Å². The van der Waals surface area contributed by atoms with Crippen molar-refractivity contribution in [3.63, 3.8) is 0 Å². The molecule has 0 heterocycles. The van der Waals surface area contributed by atoms with Gasteiger partial charge in [0, 0.05) is 18.2 Å². The molecule has 0 aliphatic rings. The fourth-order valence-electron chi connectivity index (χ4n) is 1.46. The summed E-state index contributed by atoms with van der Waals surface area (Å²) >= 11 is 0. The molecule has 1 aromatic carbocycles. The fraction of sp³-hybridized carbons (Fsp3) is 0.333. The largest absolute Gasteiger partial charge is 0.508 e. The average molecular weight is 224 g/mol. The van der Waals surface area contributed by atoms with Crippen LogP contribution in [0, 0.1) is 0 Å². The Morgan fingerprint density at radius 3 is 2.69 bits per heavy atom. The number of benzene rings is 1. The molecule has 1 rings (SSSR count). The van der Waals surface area contributed by atoms with E-state index in [0.717, 1.165) is 0 Å². The molecule has 0 radical (unpaired) electrons. The predicted molar refractivity (Wildman–Crippen MR) is 60.4 cm³/mol. The number of aliphatic hydroxyl groups excluding tert-OH is 1. The Morgan fingerprint density at radius 2 is 2.12 bits per heavy atom. The van der Waals surface area contributed by atoms with E-state index in [2.05, 4.69) is 6.58 Å². The van der Waals surface area contributed by atoms with Crippen molar-refractivity contribution >= 4 is 0 Å². The SMILES string of the molecule is C=CCc1c(O)ccc(OCOC)c1CO. The van der Waals surface area contributed by atoms with Crippen LogP contribution in [0.15, 0.2) is 24.8 Å². The van der Waals surface area contributed by atoms with E-state index in [1.165, 1.54) is 13.2 Å². The zero-order valence-electron chi connectivity index (χ0n) is 9.27. The number of methoxy groups -OCH3 is 1.